The van der Waals surface area contributed by atoms with Crippen LogP contribution in [0.2, 0.25) is 0 Å². The van der Waals surface area contributed by atoms with Crippen LogP contribution in [0.15, 0.2) is 30.5 Å². The summed E-state index contributed by atoms with van der Waals surface area (Å²) in [7, 11) is 0. The van der Waals surface area contributed by atoms with Crippen LogP contribution in [0.3, 0.4) is 0 Å². The van der Waals surface area contributed by atoms with Crippen molar-refractivity contribution in [1.82, 2.24) is 20.3 Å². The van der Waals surface area contributed by atoms with Crippen LogP contribution in [0.25, 0.3) is 11.2 Å². The summed E-state index contributed by atoms with van der Waals surface area (Å²) in [5.41, 5.74) is 4.12. The van der Waals surface area contributed by atoms with Gasteiger partial charge in [-0.15, -0.1) is 0 Å². The number of nitrogens with zero attached hydrogens (tertiary/aromatic N) is 2. The van der Waals surface area contributed by atoms with Gasteiger partial charge < -0.3 is 19.8 Å². The third-order valence-electron chi connectivity index (χ3n) is 4.54. The SMILES string of the molecule is CC[C@H](NCc1nc2nccc(C)c2[nH]1)c1ccc2c(c1)OCCO2. The highest BCUT2D eigenvalue weighted by Crippen LogP contribution is 2.33. The molecule has 6 heteroatoms. The molecule has 0 aliphatic carbocycles. The lowest BCUT2D eigenvalue weighted by molar-refractivity contribution is 0.171. The van der Waals surface area contributed by atoms with Gasteiger partial charge in [-0.05, 0) is 42.7 Å². The van der Waals surface area contributed by atoms with Crippen molar-refractivity contribution in [2.75, 3.05) is 13.2 Å². The highest BCUT2D eigenvalue weighted by molar-refractivity contribution is 5.74. The molecule has 0 amide bonds. The van der Waals surface area contributed by atoms with Crippen LogP contribution in [0.4, 0.5) is 0 Å². The highest BCUT2D eigenvalue weighted by atomic mass is 16.6. The Balaban J connectivity index is 1.50. The van der Waals surface area contributed by atoms with Crippen LogP contribution >= 0.6 is 0 Å². The van der Waals surface area contributed by atoms with Crippen LogP contribution in [-0.2, 0) is 6.54 Å². The largest absolute Gasteiger partial charge is 0.486 e. The summed E-state index contributed by atoms with van der Waals surface area (Å²) in [6, 6.07) is 8.36. The quantitative estimate of drug-likeness (QED) is 0.747. The maximum atomic E-state index is 5.70. The number of pyridine rings is 1. The van der Waals surface area contributed by atoms with Crippen molar-refractivity contribution in [2.24, 2.45) is 0 Å². The Hall–Kier alpha value is -2.60. The van der Waals surface area contributed by atoms with Gasteiger partial charge in [-0.3, -0.25) is 0 Å². The number of aromatic nitrogens is 3. The summed E-state index contributed by atoms with van der Waals surface area (Å²) in [5, 5.41) is 3.57. The van der Waals surface area contributed by atoms with E-state index in [4.69, 9.17) is 9.47 Å². The van der Waals surface area contributed by atoms with E-state index in [1.807, 2.05) is 12.1 Å². The molecule has 0 radical (unpaired) electrons. The lowest BCUT2D eigenvalue weighted by Gasteiger charge is -2.22. The molecule has 25 heavy (non-hydrogen) atoms. The Morgan fingerprint density at radius 1 is 1.20 bits per heavy atom. The summed E-state index contributed by atoms with van der Waals surface area (Å²) in [5.74, 6) is 2.55. The van der Waals surface area contributed by atoms with E-state index in [9.17, 15) is 0 Å². The summed E-state index contributed by atoms with van der Waals surface area (Å²) in [6.45, 7) is 6.10. The highest BCUT2D eigenvalue weighted by Gasteiger charge is 2.16. The van der Waals surface area contributed by atoms with Crippen LogP contribution in [0, 0.1) is 6.92 Å². The van der Waals surface area contributed by atoms with E-state index in [-0.39, 0.29) is 6.04 Å². The molecule has 0 saturated heterocycles. The van der Waals surface area contributed by atoms with Gasteiger partial charge in [-0.2, -0.15) is 0 Å². The molecule has 130 valence electrons. The van der Waals surface area contributed by atoms with Crippen molar-refractivity contribution in [2.45, 2.75) is 32.9 Å². The van der Waals surface area contributed by atoms with Crippen LogP contribution in [0.5, 0.6) is 11.5 Å². The van der Waals surface area contributed by atoms with E-state index in [1.54, 1.807) is 6.20 Å². The van der Waals surface area contributed by atoms with Gasteiger partial charge in [-0.25, -0.2) is 9.97 Å². The van der Waals surface area contributed by atoms with Crippen molar-refractivity contribution in [1.29, 1.82) is 0 Å². The molecule has 0 fully saturated rings. The van der Waals surface area contributed by atoms with Gasteiger partial charge in [0.1, 0.15) is 19.0 Å². The van der Waals surface area contributed by atoms with Crippen LogP contribution in [-0.4, -0.2) is 28.2 Å². The lowest BCUT2D eigenvalue weighted by Crippen LogP contribution is -2.21. The minimum absolute atomic E-state index is 0.220. The molecular weight excluding hydrogens is 316 g/mol. The van der Waals surface area contributed by atoms with Gasteiger partial charge in [0, 0.05) is 12.2 Å². The average molecular weight is 338 g/mol. The normalized spacial score (nSPS) is 14.6. The Bertz CT molecular complexity index is 890. The Kier molecular flexibility index (Phi) is 4.28. The van der Waals surface area contributed by atoms with Gasteiger partial charge >= 0.3 is 0 Å². The molecule has 0 bridgehead atoms. The molecule has 6 nitrogen and oxygen atoms in total. The summed E-state index contributed by atoms with van der Waals surface area (Å²) < 4.78 is 11.3. The summed E-state index contributed by atoms with van der Waals surface area (Å²) >= 11 is 0. The fourth-order valence-electron chi connectivity index (χ4n) is 3.16. The average Bonchev–Trinajstić information content (AvgIpc) is 3.07. The van der Waals surface area contributed by atoms with E-state index in [0.717, 1.165) is 40.5 Å². The monoisotopic (exact) mass is 338 g/mol. The maximum Gasteiger partial charge on any atom is 0.178 e. The number of aryl methyl sites for hydroxylation is 1. The second-order valence-electron chi connectivity index (χ2n) is 6.25. The summed E-state index contributed by atoms with van der Waals surface area (Å²) in [6.07, 6.45) is 2.76. The minimum atomic E-state index is 0.220. The van der Waals surface area contributed by atoms with E-state index in [1.165, 1.54) is 5.56 Å². The van der Waals surface area contributed by atoms with E-state index >= 15 is 0 Å². The molecular formula is C19H22N4O2. The minimum Gasteiger partial charge on any atom is -0.486 e. The van der Waals surface area contributed by atoms with Gasteiger partial charge in [-0.1, -0.05) is 13.0 Å². The zero-order chi connectivity index (χ0) is 17.2. The third kappa shape index (κ3) is 3.17. The van der Waals surface area contributed by atoms with Gasteiger partial charge in [0.2, 0.25) is 0 Å². The number of aromatic amines is 1. The predicted octanol–water partition coefficient (Wildman–Crippen LogP) is 3.28. The lowest BCUT2D eigenvalue weighted by atomic mass is 10.0. The number of H-pyrrole nitrogens is 1. The number of imidazole rings is 1. The zero-order valence-electron chi connectivity index (χ0n) is 14.5. The molecule has 1 aromatic carbocycles. The van der Waals surface area contributed by atoms with Gasteiger partial charge in [0.15, 0.2) is 17.1 Å². The predicted molar refractivity (Wildman–Crippen MR) is 95.9 cm³/mol. The topological polar surface area (TPSA) is 72.1 Å². The van der Waals surface area contributed by atoms with Crippen molar-refractivity contribution in [3.05, 3.63) is 47.4 Å². The van der Waals surface area contributed by atoms with Crippen LogP contribution < -0.4 is 14.8 Å². The van der Waals surface area contributed by atoms with Crippen molar-refractivity contribution in [3.8, 4) is 11.5 Å². The van der Waals surface area contributed by atoms with Crippen molar-refractivity contribution >= 4 is 11.2 Å². The number of rotatable bonds is 5. The first kappa shape index (κ1) is 15.9. The number of nitrogens with one attached hydrogen (secondary N) is 2. The van der Waals surface area contributed by atoms with E-state index in [2.05, 4.69) is 46.2 Å². The van der Waals surface area contributed by atoms with Crippen molar-refractivity contribution in [3.63, 3.8) is 0 Å². The molecule has 0 unspecified atom stereocenters. The smallest absolute Gasteiger partial charge is 0.178 e. The Labute approximate surface area is 146 Å². The first-order chi connectivity index (χ1) is 12.2. The van der Waals surface area contributed by atoms with E-state index in [0.29, 0.717) is 19.8 Å². The first-order valence-electron chi connectivity index (χ1n) is 8.67. The zero-order valence-corrected chi connectivity index (χ0v) is 14.5. The molecule has 3 heterocycles. The molecule has 1 aliphatic rings. The Morgan fingerprint density at radius 3 is 2.84 bits per heavy atom. The molecule has 1 aliphatic heterocycles. The number of hydrogen-bond donors (Lipinski definition) is 2. The number of ether oxygens (including phenoxy) is 2. The molecule has 1 atom stereocenters. The maximum absolute atomic E-state index is 5.70. The fraction of sp³-hybridized carbons (Fsp3) is 0.368. The molecule has 2 aromatic heterocycles. The number of fused-ring (bicyclic) bond motifs is 2. The van der Waals surface area contributed by atoms with Crippen molar-refractivity contribution < 1.29 is 9.47 Å². The number of benzene rings is 1. The molecule has 2 N–H and O–H groups in total. The molecule has 0 saturated carbocycles. The molecule has 3 aromatic rings. The Morgan fingerprint density at radius 2 is 2.04 bits per heavy atom. The molecule has 4 rings (SSSR count). The second-order valence-corrected chi connectivity index (χ2v) is 6.25. The van der Waals surface area contributed by atoms with Gasteiger partial charge in [0.25, 0.3) is 0 Å². The summed E-state index contributed by atoms with van der Waals surface area (Å²) in [4.78, 5) is 12.2. The van der Waals surface area contributed by atoms with E-state index < -0.39 is 0 Å². The standard InChI is InChI=1S/C19H22N4O2/c1-3-14(13-4-5-15-16(10-13)25-9-8-24-15)21-11-17-22-18-12(2)6-7-20-19(18)23-17/h4-7,10,14,21H,3,8-9,11H2,1-2H3,(H,20,22,23)/t14-/m0/s1. The fourth-order valence-corrected chi connectivity index (χ4v) is 3.16. The van der Waals surface area contributed by atoms with Gasteiger partial charge in [0.05, 0.1) is 12.1 Å². The molecule has 0 spiro atoms. The first-order valence-corrected chi connectivity index (χ1v) is 8.67. The second kappa shape index (κ2) is 6.72. The van der Waals surface area contributed by atoms with Crippen LogP contribution in [0.1, 0.15) is 36.3 Å². The number of hydrogen-bond acceptors (Lipinski definition) is 5. The third-order valence-corrected chi connectivity index (χ3v) is 4.54.